The van der Waals surface area contributed by atoms with Crippen LogP contribution in [0.5, 0.6) is 0 Å². The van der Waals surface area contributed by atoms with E-state index in [1.165, 1.54) is 19.4 Å². The van der Waals surface area contributed by atoms with Gasteiger partial charge in [-0.1, -0.05) is 6.08 Å². The number of carbonyl (C=O) groups is 2. The number of carbonyl (C=O) groups excluding carboxylic acids is 1. The summed E-state index contributed by atoms with van der Waals surface area (Å²) in [7, 11) is 1.26. The number of esters is 1. The molecule has 0 aliphatic heterocycles. The van der Waals surface area contributed by atoms with Gasteiger partial charge in [-0.25, -0.2) is 9.78 Å². The monoisotopic (exact) mass is 250 g/mol. The van der Waals surface area contributed by atoms with Gasteiger partial charge in [0.2, 0.25) is 0 Å². The molecule has 6 heteroatoms. The molecule has 96 valence electrons. The summed E-state index contributed by atoms with van der Waals surface area (Å²) < 4.78 is 4.56. The molecule has 0 saturated heterocycles. The van der Waals surface area contributed by atoms with Crippen LogP contribution in [0, 0.1) is 0 Å². The molecule has 0 atom stereocenters. The van der Waals surface area contributed by atoms with E-state index < -0.39 is 11.9 Å². The van der Waals surface area contributed by atoms with Crippen LogP contribution in [0.1, 0.15) is 10.5 Å². The number of ether oxygens (including phenoxy) is 1. The topological polar surface area (TPSA) is 79.7 Å². The third-order valence-corrected chi connectivity index (χ3v) is 2.18. The smallest absolute Gasteiger partial charge is 0.356 e. The van der Waals surface area contributed by atoms with Crippen molar-refractivity contribution in [2.75, 3.05) is 25.1 Å². The van der Waals surface area contributed by atoms with Gasteiger partial charge in [-0.3, -0.25) is 4.79 Å². The number of aromatic nitrogens is 1. The van der Waals surface area contributed by atoms with Gasteiger partial charge >= 0.3 is 11.9 Å². The zero-order chi connectivity index (χ0) is 13.5. The summed E-state index contributed by atoms with van der Waals surface area (Å²) >= 11 is 0. The molecule has 0 bridgehead atoms. The summed E-state index contributed by atoms with van der Waals surface area (Å²) in [4.78, 5) is 27.5. The summed E-state index contributed by atoms with van der Waals surface area (Å²) in [6.45, 7) is 3.74. The molecule has 0 aromatic carbocycles. The number of aliphatic carboxylic acids is 1. The van der Waals surface area contributed by atoms with Gasteiger partial charge in [0, 0.05) is 18.4 Å². The average Bonchev–Trinajstić information content (AvgIpc) is 2.37. The molecular weight excluding hydrogens is 236 g/mol. The summed E-state index contributed by atoms with van der Waals surface area (Å²) in [5.74, 6) is -1.53. The van der Waals surface area contributed by atoms with Gasteiger partial charge in [-0.15, -0.1) is 6.58 Å². The number of methoxy groups -OCH3 is 1. The number of nitrogens with zero attached hydrogens (tertiary/aromatic N) is 2. The first kappa shape index (κ1) is 13.7. The Morgan fingerprint density at radius 2 is 2.33 bits per heavy atom. The van der Waals surface area contributed by atoms with E-state index in [9.17, 15) is 9.59 Å². The van der Waals surface area contributed by atoms with E-state index in [2.05, 4.69) is 16.3 Å². The van der Waals surface area contributed by atoms with Crippen LogP contribution in [-0.2, 0) is 9.53 Å². The SMILES string of the molecule is C=CCN(CC(=O)O)c1ccnc(C(=O)OC)c1. The molecule has 0 saturated carbocycles. The quantitative estimate of drug-likeness (QED) is 0.598. The van der Waals surface area contributed by atoms with Gasteiger partial charge in [0.25, 0.3) is 0 Å². The maximum Gasteiger partial charge on any atom is 0.356 e. The van der Waals surface area contributed by atoms with Crippen LogP contribution in [-0.4, -0.2) is 42.2 Å². The number of hydrogen-bond acceptors (Lipinski definition) is 5. The van der Waals surface area contributed by atoms with Crippen LogP contribution in [0.3, 0.4) is 0 Å². The van der Waals surface area contributed by atoms with E-state index in [0.29, 0.717) is 12.2 Å². The summed E-state index contributed by atoms with van der Waals surface area (Å²) in [6, 6.07) is 3.11. The zero-order valence-corrected chi connectivity index (χ0v) is 10.00. The van der Waals surface area contributed by atoms with Crippen molar-refractivity contribution in [1.82, 2.24) is 4.98 Å². The van der Waals surface area contributed by atoms with E-state index in [-0.39, 0.29) is 12.2 Å². The molecule has 1 heterocycles. The molecule has 0 fully saturated rings. The summed E-state index contributed by atoms with van der Waals surface area (Å²) in [5, 5.41) is 8.81. The second-order valence-corrected chi connectivity index (χ2v) is 3.45. The Labute approximate surface area is 105 Å². The third kappa shape index (κ3) is 3.58. The van der Waals surface area contributed by atoms with Crippen molar-refractivity contribution >= 4 is 17.6 Å². The number of pyridine rings is 1. The molecular formula is C12H14N2O4. The van der Waals surface area contributed by atoms with Gasteiger partial charge in [0.1, 0.15) is 12.2 Å². The second kappa shape index (κ2) is 6.39. The van der Waals surface area contributed by atoms with E-state index in [1.54, 1.807) is 17.0 Å². The number of carboxylic acids is 1. The minimum absolute atomic E-state index is 0.134. The van der Waals surface area contributed by atoms with Crippen molar-refractivity contribution in [3.63, 3.8) is 0 Å². The lowest BCUT2D eigenvalue weighted by Crippen LogP contribution is -2.30. The highest BCUT2D eigenvalue weighted by molar-refractivity contribution is 5.88. The highest BCUT2D eigenvalue weighted by Crippen LogP contribution is 2.14. The van der Waals surface area contributed by atoms with Crippen molar-refractivity contribution in [3.05, 3.63) is 36.7 Å². The van der Waals surface area contributed by atoms with Gasteiger partial charge in [-0.2, -0.15) is 0 Å². The number of carboxylic acid groups (broad SMARTS) is 1. The average molecular weight is 250 g/mol. The number of rotatable bonds is 6. The molecule has 1 aromatic rings. The Balaban J connectivity index is 3.00. The molecule has 0 aliphatic carbocycles. The molecule has 6 nitrogen and oxygen atoms in total. The molecule has 18 heavy (non-hydrogen) atoms. The van der Waals surface area contributed by atoms with Crippen molar-refractivity contribution in [2.24, 2.45) is 0 Å². The molecule has 1 aromatic heterocycles. The fourth-order valence-electron chi connectivity index (χ4n) is 1.41. The molecule has 1 rings (SSSR count). The number of anilines is 1. The lowest BCUT2D eigenvalue weighted by molar-refractivity contribution is -0.135. The Hall–Kier alpha value is -2.37. The third-order valence-electron chi connectivity index (χ3n) is 2.18. The van der Waals surface area contributed by atoms with Gasteiger partial charge in [-0.05, 0) is 12.1 Å². The highest BCUT2D eigenvalue weighted by Gasteiger charge is 2.13. The van der Waals surface area contributed by atoms with Crippen molar-refractivity contribution in [1.29, 1.82) is 0 Å². The Kier molecular flexibility index (Phi) is 4.86. The second-order valence-electron chi connectivity index (χ2n) is 3.45. The predicted octanol–water partition coefficient (Wildman–Crippen LogP) is 0.945. The number of hydrogen-bond donors (Lipinski definition) is 1. The molecule has 0 unspecified atom stereocenters. The molecule has 0 amide bonds. The lowest BCUT2D eigenvalue weighted by atomic mass is 10.2. The van der Waals surface area contributed by atoms with Gasteiger partial charge < -0.3 is 14.7 Å². The van der Waals surface area contributed by atoms with Crippen LogP contribution < -0.4 is 4.90 Å². The fourth-order valence-corrected chi connectivity index (χ4v) is 1.41. The fraction of sp³-hybridized carbons (Fsp3) is 0.250. The first-order chi connectivity index (χ1) is 8.58. The van der Waals surface area contributed by atoms with Crippen LogP contribution in [0.15, 0.2) is 31.0 Å². The minimum Gasteiger partial charge on any atom is -0.480 e. The van der Waals surface area contributed by atoms with Crippen molar-refractivity contribution in [2.45, 2.75) is 0 Å². The normalized spacial score (nSPS) is 9.61. The summed E-state index contributed by atoms with van der Waals surface area (Å²) in [5.41, 5.74) is 0.710. The van der Waals surface area contributed by atoms with Crippen LogP contribution in [0.2, 0.25) is 0 Å². The Bertz CT molecular complexity index is 459. The largest absolute Gasteiger partial charge is 0.480 e. The lowest BCUT2D eigenvalue weighted by Gasteiger charge is -2.21. The molecule has 0 radical (unpaired) electrons. The van der Waals surface area contributed by atoms with E-state index in [1.807, 2.05) is 0 Å². The highest BCUT2D eigenvalue weighted by atomic mass is 16.5. The van der Waals surface area contributed by atoms with Gasteiger partial charge in [0.15, 0.2) is 0 Å². The van der Waals surface area contributed by atoms with E-state index in [4.69, 9.17) is 5.11 Å². The summed E-state index contributed by atoms with van der Waals surface area (Å²) in [6.07, 6.45) is 3.01. The maximum atomic E-state index is 11.3. The maximum absolute atomic E-state index is 11.3. The standard InChI is InChI=1S/C12H14N2O4/c1-3-6-14(8-11(15)16)9-4-5-13-10(7-9)12(17)18-2/h3-5,7H,1,6,8H2,2H3,(H,15,16). The van der Waals surface area contributed by atoms with E-state index >= 15 is 0 Å². The van der Waals surface area contributed by atoms with E-state index in [0.717, 1.165) is 0 Å². The zero-order valence-electron chi connectivity index (χ0n) is 10.00. The molecule has 1 N–H and O–H groups in total. The first-order valence-electron chi connectivity index (χ1n) is 5.20. The molecule has 0 spiro atoms. The van der Waals surface area contributed by atoms with Crippen LogP contribution in [0.4, 0.5) is 5.69 Å². The first-order valence-corrected chi connectivity index (χ1v) is 5.20. The molecule has 0 aliphatic rings. The van der Waals surface area contributed by atoms with Crippen LogP contribution >= 0.6 is 0 Å². The predicted molar refractivity (Wildman–Crippen MR) is 65.6 cm³/mol. The Morgan fingerprint density at radius 1 is 1.61 bits per heavy atom. The van der Waals surface area contributed by atoms with Crippen molar-refractivity contribution in [3.8, 4) is 0 Å². The van der Waals surface area contributed by atoms with Crippen molar-refractivity contribution < 1.29 is 19.4 Å². The Morgan fingerprint density at radius 3 is 2.89 bits per heavy atom. The van der Waals surface area contributed by atoms with Crippen LogP contribution in [0.25, 0.3) is 0 Å². The minimum atomic E-state index is -0.965. The van der Waals surface area contributed by atoms with Gasteiger partial charge in [0.05, 0.1) is 7.11 Å².